The molecule has 0 unspecified atom stereocenters. The van der Waals surface area contributed by atoms with Crippen LogP contribution in [0.15, 0.2) is 12.7 Å². The Morgan fingerprint density at radius 1 is 1.40 bits per heavy atom. The van der Waals surface area contributed by atoms with E-state index in [0.717, 1.165) is 32.5 Å². The van der Waals surface area contributed by atoms with Gasteiger partial charge in [0, 0.05) is 6.42 Å². The normalized spacial score (nSPS) is 18.9. The summed E-state index contributed by atoms with van der Waals surface area (Å²) >= 11 is 0. The summed E-state index contributed by atoms with van der Waals surface area (Å²) in [5.41, 5.74) is 0. The van der Waals surface area contributed by atoms with Gasteiger partial charge in [0.2, 0.25) is 0 Å². The minimum atomic E-state index is -0.680. The molecule has 1 heterocycles. The SMILES string of the molecule is C=CC1CCN(CCCCC(=O)O)CC1. The molecule has 0 aromatic rings. The van der Waals surface area contributed by atoms with Crippen molar-refractivity contribution in [3.8, 4) is 0 Å². The lowest BCUT2D eigenvalue weighted by molar-refractivity contribution is -0.137. The van der Waals surface area contributed by atoms with Gasteiger partial charge in [-0.15, -0.1) is 6.58 Å². The van der Waals surface area contributed by atoms with E-state index in [1.807, 2.05) is 0 Å². The number of rotatable bonds is 6. The van der Waals surface area contributed by atoms with Crippen LogP contribution < -0.4 is 0 Å². The highest BCUT2D eigenvalue weighted by Gasteiger charge is 2.15. The summed E-state index contributed by atoms with van der Waals surface area (Å²) in [6.45, 7) is 7.16. The van der Waals surface area contributed by atoms with Gasteiger partial charge in [-0.2, -0.15) is 0 Å². The number of aliphatic carboxylic acids is 1. The molecular formula is C12H21NO2. The maximum atomic E-state index is 10.3. The van der Waals surface area contributed by atoms with E-state index in [1.165, 1.54) is 12.8 Å². The predicted molar refractivity (Wildman–Crippen MR) is 60.8 cm³/mol. The second kappa shape index (κ2) is 6.62. The maximum absolute atomic E-state index is 10.3. The van der Waals surface area contributed by atoms with Gasteiger partial charge >= 0.3 is 5.97 Å². The summed E-state index contributed by atoms with van der Waals surface area (Å²) in [5, 5.41) is 8.49. The van der Waals surface area contributed by atoms with E-state index in [2.05, 4.69) is 17.6 Å². The van der Waals surface area contributed by atoms with Crippen LogP contribution in [-0.2, 0) is 4.79 Å². The average Bonchev–Trinajstić information content (AvgIpc) is 2.25. The fourth-order valence-corrected chi connectivity index (χ4v) is 2.02. The fraction of sp³-hybridized carbons (Fsp3) is 0.750. The van der Waals surface area contributed by atoms with Crippen molar-refractivity contribution in [3.05, 3.63) is 12.7 Å². The zero-order chi connectivity index (χ0) is 11.1. The predicted octanol–water partition coefficient (Wildman–Crippen LogP) is 2.14. The van der Waals surface area contributed by atoms with Crippen LogP contribution in [0.2, 0.25) is 0 Å². The largest absolute Gasteiger partial charge is 0.481 e. The quantitative estimate of drug-likeness (QED) is 0.540. The van der Waals surface area contributed by atoms with E-state index < -0.39 is 5.97 Å². The molecule has 0 aromatic heterocycles. The molecule has 0 bridgehead atoms. The van der Waals surface area contributed by atoms with Gasteiger partial charge in [-0.3, -0.25) is 4.79 Å². The summed E-state index contributed by atoms with van der Waals surface area (Å²) in [7, 11) is 0. The second-order valence-corrected chi connectivity index (χ2v) is 4.27. The Kier molecular flexibility index (Phi) is 5.40. The van der Waals surface area contributed by atoms with Crippen molar-refractivity contribution < 1.29 is 9.90 Å². The Hall–Kier alpha value is -0.830. The molecule has 3 heteroatoms. The molecule has 0 amide bonds. The lowest BCUT2D eigenvalue weighted by Gasteiger charge is -2.30. The second-order valence-electron chi connectivity index (χ2n) is 4.27. The van der Waals surface area contributed by atoms with Crippen molar-refractivity contribution in [2.24, 2.45) is 5.92 Å². The zero-order valence-electron chi connectivity index (χ0n) is 9.32. The van der Waals surface area contributed by atoms with Crippen LogP contribution in [0.4, 0.5) is 0 Å². The van der Waals surface area contributed by atoms with Gasteiger partial charge in [-0.1, -0.05) is 6.08 Å². The molecule has 1 N–H and O–H groups in total. The van der Waals surface area contributed by atoms with Crippen LogP contribution in [-0.4, -0.2) is 35.6 Å². The zero-order valence-corrected chi connectivity index (χ0v) is 9.32. The summed E-state index contributed by atoms with van der Waals surface area (Å²) in [6, 6.07) is 0. The minimum absolute atomic E-state index is 0.309. The number of unbranched alkanes of at least 4 members (excludes halogenated alkanes) is 1. The van der Waals surface area contributed by atoms with Crippen molar-refractivity contribution in [1.82, 2.24) is 4.90 Å². The first-order valence-corrected chi connectivity index (χ1v) is 5.79. The Morgan fingerprint density at radius 2 is 2.07 bits per heavy atom. The van der Waals surface area contributed by atoms with E-state index in [0.29, 0.717) is 12.3 Å². The van der Waals surface area contributed by atoms with E-state index in [4.69, 9.17) is 5.11 Å². The van der Waals surface area contributed by atoms with E-state index in [-0.39, 0.29) is 0 Å². The fourth-order valence-electron chi connectivity index (χ4n) is 2.02. The molecule has 0 aromatic carbocycles. The molecule has 15 heavy (non-hydrogen) atoms. The topological polar surface area (TPSA) is 40.5 Å². The van der Waals surface area contributed by atoms with E-state index in [1.54, 1.807) is 0 Å². The number of piperidine rings is 1. The molecule has 0 aliphatic carbocycles. The van der Waals surface area contributed by atoms with Crippen LogP contribution >= 0.6 is 0 Å². The van der Waals surface area contributed by atoms with Crippen molar-refractivity contribution in [3.63, 3.8) is 0 Å². The highest BCUT2D eigenvalue weighted by atomic mass is 16.4. The van der Waals surface area contributed by atoms with Gasteiger partial charge in [0.05, 0.1) is 0 Å². The molecular weight excluding hydrogens is 190 g/mol. The third kappa shape index (κ3) is 4.98. The monoisotopic (exact) mass is 211 g/mol. The van der Waals surface area contributed by atoms with Gasteiger partial charge < -0.3 is 10.0 Å². The third-order valence-electron chi connectivity index (χ3n) is 3.08. The van der Waals surface area contributed by atoms with Gasteiger partial charge in [0.1, 0.15) is 0 Å². The Bertz CT molecular complexity index is 208. The van der Waals surface area contributed by atoms with E-state index >= 15 is 0 Å². The van der Waals surface area contributed by atoms with Crippen LogP contribution in [0.1, 0.15) is 32.1 Å². The number of carboxylic acid groups (broad SMARTS) is 1. The molecule has 1 aliphatic rings. The molecule has 0 radical (unpaired) electrons. The number of nitrogens with zero attached hydrogens (tertiary/aromatic N) is 1. The van der Waals surface area contributed by atoms with Gasteiger partial charge in [-0.25, -0.2) is 0 Å². The minimum Gasteiger partial charge on any atom is -0.481 e. The molecule has 86 valence electrons. The number of hydrogen-bond donors (Lipinski definition) is 1. The summed E-state index contributed by atoms with van der Waals surface area (Å²) in [5.74, 6) is 0.0145. The average molecular weight is 211 g/mol. The van der Waals surface area contributed by atoms with Gasteiger partial charge in [0.25, 0.3) is 0 Å². The highest BCUT2D eigenvalue weighted by Crippen LogP contribution is 2.17. The van der Waals surface area contributed by atoms with Gasteiger partial charge in [0.15, 0.2) is 0 Å². The Labute approximate surface area is 91.8 Å². The number of likely N-dealkylation sites (tertiary alicyclic amines) is 1. The summed E-state index contributed by atoms with van der Waals surface area (Å²) in [6.07, 6.45) is 6.59. The molecule has 1 aliphatic heterocycles. The lowest BCUT2D eigenvalue weighted by atomic mass is 9.97. The molecule has 0 atom stereocenters. The van der Waals surface area contributed by atoms with E-state index in [9.17, 15) is 4.79 Å². The molecule has 1 rings (SSSR count). The summed E-state index contributed by atoms with van der Waals surface area (Å²) < 4.78 is 0. The molecule has 0 spiro atoms. The number of carboxylic acids is 1. The van der Waals surface area contributed by atoms with Crippen molar-refractivity contribution in [2.45, 2.75) is 32.1 Å². The number of allylic oxidation sites excluding steroid dienone is 1. The summed E-state index contributed by atoms with van der Waals surface area (Å²) in [4.78, 5) is 12.7. The van der Waals surface area contributed by atoms with Crippen molar-refractivity contribution >= 4 is 5.97 Å². The molecule has 1 saturated heterocycles. The first-order chi connectivity index (χ1) is 7.22. The van der Waals surface area contributed by atoms with Gasteiger partial charge in [-0.05, 0) is 51.2 Å². The molecule has 0 saturated carbocycles. The Balaban J connectivity index is 2.03. The first-order valence-electron chi connectivity index (χ1n) is 5.79. The smallest absolute Gasteiger partial charge is 0.303 e. The molecule has 1 fully saturated rings. The molecule has 3 nitrogen and oxygen atoms in total. The first kappa shape index (κ1) is 12.2. The maximum Gasteiger partial charge on any atom is 0.303 e. The number of hydrogen-bond acceptors (Lipinski definition) is 2. The standard InChI is InChI=1S/C12H21NO2/c1-2-11-6-9-13(10-7-11)8-4-3-5-12(14)15/h2,11H,1,3-10H2,(H,14,15). The van der Waals surface area contributed by atoms with Crippen LogP contribution in [0.3, 0.4) is 0 Å². The Morgan fingerprint density at radius 3 is 2.60 bits per heavy atom. The number of carbonyl (C=O) groups is 1. The van der Waals surface area contributed by atoms with Crippen LogP contribution in [0.5, 0.6) is 0 Å². The van der Waals surface area contributed by atoms with Crippen LogP contribution in [0, 0.1) is 5.92 Å². The lowest BCUT2D eigenvalue weighted by Crippen LogP contribution is -2.33. The third-order valence-corrected chi connectivity index (χ3v) is 3.08. The van der Waals surface area contributed by atoms with Crippen molar-refractivity contribution in [2.75, 3.05) is 19.6 Å². The van der Waals surface area contributed by atoms with Crippen molar-refractivity contribution in [1.29, 1.82) is 0 Å². The highest BCUT2D eigenvalue weighted by molar-refractivity contribution is 5.66. The van der Waals surface area contributed by atoms with Crippen LogP contribution in [0.25, 0.3) is 0 Å².